The van der Waals surface area contributed by atoms with Gasteiger partial charge in [-0.3, -0.25) is 29.4 Å². The summed E-state index contributed by atoms with van der Waals surface area (Å²) in [5.41, 5.74) is 0.496. The number of anilines is 1. The molecule has 188 valence electrons. The predicted octanol–water partition coefficient (Wildman–Crippen LogP) is 4.78. The highest BCUT2D eigenvalue weighted by atomic mass is 79.9. The molecule has 3 aromatic carbocycles. The quantitative estimate of drug-likeness (QED) is 0.176. The van der Waals surface area contributed by atoms with Gasteiger partial charge in [-0.15, -0.1) is 0 Å². The number of β-lactam (4-membered cyclic amide) rings is 1. The van der Waals surface area contributed by atoms with E-state index in [0.717, 1.165) is 17.0 Å². The minimum absolute atomic E-state index is 0.00528. The molecule has 3 amide bonds. The van der Waals surface area contributed by atoms with E-state index in [4.69, 9.17) is 21.1 Å². The summed E-state index contributed by atoms with van der Waals surface area (Å²) in [5.74, 6) is -1.18. The van der Waals surface area contributed by atoms with Gasteiger partial charge in [-0.25, -0.2) is 0 Å². The van der Waals surface area contributed by atoms with Gasteiger partial charge in [-0.1, -0.05) is 27.5 Å². The standard InChI is InChI=1S/C25H17BrClN3O7/c1-36-19-7-3-12(26)9-17(19)21-22(25(33)28(21)13-5-8-20(37-2)18(27)11-13)29-23(31)15-6-4-14(30(34)35)10-16(15)24(29)32/h3-11,21-22H,1-2H3. The normalized spacial score (nSPS) is 18.5. The molecule has 2 aliphatic rings. The molecule has 37 heavy (non-hydrogen) atoms. The number of methoxy groups -OCH3 is 2. The smallest absolute Gasteiger partial charge is 0.270 e. The maximum Gasteiger partial charge on any atom is 0.270 e. The monoisotopic (exact) mass is 585 g/mol. The zero-order valence-electron chi connectivity index (χ0n) is 19.3. The van der Waals surface area contributed by atoms with Crippen LogP contribution in [0.4, 0.5) is 11.4 Å². The molecule has 3 aromatic rings. The Labute approximate surface area is 223 Å². The van der Waals surface area contributed by atoms with Crippen LogP contribution in [0.1, 0.15) is 32.3 Å². The van der Waals surface area contributed by atoms with E-state index in [2.05, 4.69) is 15.9 Å². The number of carbonyl (C=O) groups excluding carboxylic acids is 3. The number of ether oxygens (including phenoxy) is 2. The van der Waals surface area contributed by atoms with Crippen LogP contribution in [0.2, 0.25) is 5.02 Å². The van der Waals surface area contributed by atoms with Crippen molar-refractivity contribution in [1.29, 1.82) is 0 Å². The van der Waals surface area contributed by atoms with Crippen LogP contribution in [0.3, 0.4) is 0 Å². The summed E-state index contributed by atoms with van der Waals surface area (Å²) >= 11 is 9.76. The average Bonchev–Trinajstić information content (AvgIpc) is 3.12. The van der Waals surface area contributed by atoms with Gasteiger partial charge in [-0.2, -0.15) is 0 Å². The highest BCUT2D eigenvalue weighted by Crippen LogP contribution is 2.48. The Morgan fingerprint density at radius 3 is 2.19 bits per heavy atom. The first-order chi connectivity index (χ1) is 17.7. The van der Waals surface area contributed by atoms with Gasteiger partial charge in [-0.05, 0) is 42.5 Å². The summed E-state index contributed by atoms with van der Waals surface area (Å²) in [6, 6.07) is 11.4. The lowest BCUT2D eigenvalue weighted by Gasteiger charge is -2.50. The first-order valence-corrected chi connectivity index (χ1v) is 12.0. The number of hydrogen-bond donors (Lipinski definition) is 0. The van der Waals surface area contributed by atoms with Crippen LogP contribution in [-0.4, -0.2) is 47.8 Å². The Morgan fingerprint density at radius 2 is 1.54 bits per heavy atom. The highest BCUT2D eigenvalue weighted by Gasteiger charge is 2.58. The number of carbonyl (C=O) groups is 3. The third kappa shape index (κ3) is 3.82. The molecule has 2 heterocycles. The molecule has 2 aliphatic heterocycles. The van der Waals surface area contributed by atoms with E-state index < -0.39 is 34.7 Å². The second-order valence-corrected chi connectivity index (χ2v) is 9.59. The van der Waals surface area contributed by atoms with Gasteiger partial charge in [0.1, 0.15) is 17.5 Å². The number of rotatable bonds is 6. The van der Waals surface area contributed by atoms with Crippen molar-refractivity contribution < 1.29 is 28.8 Å². The predicted molar refractivity (Wildman–Crippen MR) is 136 cm³/mol. The van der Waals surface area contributed by atoms with E-state index in [9.17, 15) is 24.5 Å². The minimum atomic E-state index is -1.23. The molecule has 5 rings (SSSR count). The molecule has 0 spiro atoms. The van der Waals surface area contributed by atoms with Crippen LogP contribution in [0.25, 0.3) is 0 Å². The van der Waals surface area contributed by atoms with Crippen LogP contribution >= 0.6 is 27.5 Å². The topological polar surface area (TPSA) is 119 Å². The fourth-order valence-corrected chi connectivity index (χ4v) is 5.31. The van der Waals surface area contributed by atoms with E-state index in [-0.39, 0.29) is 21.8 Å². The molecule has 12 heteroatoms. The first-order valence-electron chi connectivity index (χ1n) is 10.8. The molecule has 0 N–H and O–H groups in total. The summed E-state index contributed by atoms with van der Waals surface area (Å²) < 4.78 is 11.4. The average molecular weight is 587 g/mol. The van der Waals surface area contributed by atoms with Gasteiger partial charge in [0.2, 0.25) is 0 Å². The second-order valence-electron chi connectivity index (χ2n) is 8.27. The number of halogens is 2. The lowest BCUT2D eigenvalue weighted by atomic mass is 9.85. The Balaban J connectivity index is 1.63. The van der Waals surface area contributed by atoms with Crippen LogP contribution in [0.5, 0.6) is 11.5 Å². The number of fused-ring (bicyclic) bond motifs is 1. The molecule has 1 fully saturated rings. The van der Waals surface area contributed by atoms with Gasteiger partial charge in [0.15, 0.2) is 0 Å². The van der Waals surface area contributed by atoms with Crippen molar-refractivity contribution in [3.05, 3.63) is 90.9 Å². The van der Waals surface area contributed by atoms with Crippen molar-refractivity contribution in [2.75, 3.05) is 19.1 Å². The zero-order valence-corrected chi connectivity index (χ0v) is 21.6. The lowest BCUT2D eigenvalue weighted by Crippen LogP contribution is -2.67. The van der Waals surface area contributed by atoms with Crippen molar-refractivity contribution in [3.8, 4) is 11.5 Å². The number of benzene rings is 3. The van der Waals surface area contributed by atoms with E-state index >= 15 is 0 Å². The maximum atomic E-state index is 13.6. The van der Waals surface area contributed by atoms with E-state index in [1.165, 1.54) is 25.2 Å². The molecule has 2 unspecified atom stereocenters. The van der Waals surface area contributed by atoms with Crippen molar-refractivity contribution in [2.45, 2.75) is 12.1 Å². The van der Waals surface area contributed by atoms with Gasteiger partial charge >= 0.3 is 0 Å². The van der Waals surface area contributed by atoms with E-state index in [1.54, 1.807) is 36.4 Å². The van der Waals surface area contributed by atoms with Gasteiger partial charge < -0.3 is 14.4 Å². The van der Waals surface area contributed by atoms with Crippen molar-refractivity contribution in [2.24, 2.45) is 0 Å². The van der Waals surface area contributed by atoms with Crippen molar-refractivity contribution in [1.82, 2.24) is 4.90 Å². The third-order valence-corrected chi connectivity index (χ3v) is 7.17. The molecular weight excluding hydrogens is 570 g/mol. The fraction of sp³-hybridized carbons (Fsp3) is 0.160. The second kappa shape index (κ2) is 9.16. The number of nitrogens with zero attached hydrogens (tertiary/aromatic N) is 3. The number of amides is 3. The Kier molecular flexibility index (Phi) is 6.12. The molecule has 10 nitrogen and oxygen atoms in total. The summed E-state index contributed by atoms with van der Waals surface area (Å²) in [5, 5.41) is 11.5. The van der Waals surface area contributed by atoms with Crippen molar-refractivity contribution in [3.63, 3.8) is 0 Å². The van der Waals surface area contributed by atoms with Gasteiger partial charge in [0.05, 0.1) is 41.3 Å². The number of imide groups is 1. The SMILES string of the molecule is COc1ccc(N2C(=O)C(N3C(=O)c4ccc([N+](=O)[O-])cc4C3=O)C2c2cc(Br)ccc2OC)cc1Cl. The molecule has 0 saturated carbocycles. The van der Waals surface area contributed by atoms with Gasteiger partial charge in [0.25, 0.3) is 23.4 Å². The number of hydrogen-bond acceptors (Lipinski definition) is 7. The Morgan fingerprint density at radius 1 is 0.865 bits per heavy atom. The lowest BCUT2D eigenvalue weighted by molar-refractivity contribution is -0.384. The summed E-state index contributed by atoms with van der Waals surface area (Å²) in [6.07, 6.45) is 0. The number of nitro groups is 1. The van der Waals surface area contributed by atoms with Gasteiger partial charge in [0, 0.05) is 27.9 Å². The molecule has 2 atom stereocenters. The van der Waals surface area contributed by atoms with E-state index in [0.29, 0.717) is 27.2 Å². The Bertz CT molecular complexity index is 1510. The van der Waals surface area contributed by atoms with Crippen LogP contribution < -0.4 is 14.4 Å². The first kappa shape index (κ1) is 24.7. The molecule has 0 bridgehead atoms. The molecule has 1 saturated heterocycles. The van der Waals surface area contributed by atoms with Crippen LogP contribution in [-0.2, 0) is 4.79 Å². The van der Waals surface area contributed by atoms with Crippen molar-refractivity contribution >= 4 is 56.6 Å². The number of nitro benzene ring substituents is 1. The van der Waals surface area contributed by atoms with Crippen LogP contribution in [0, 0.1) is 10.1 Å². The highest BCUT2D eigenvalue weighted by molar-refractivity contribution is 9.10. The number of non-ortho nitro benzene ring substituents is 1. The molecule has 0 aliphatic carbocycles. The minimum Gasteiger partial charge on any atom is -0.496 e. The van der Waals surface area contributed by atoms with Crippen LogP contribution in [0.15, 0.2) is 59.1 Å². The molecular formula is C25H17BrClN3O7. The summed E-state index contributed by atoms with van der Waals surface area (Å²) in [6.45, 7) is 0. The zero-order chi connectivity index (χ0) is 26.6. The summed E-state index contributed by atoms with van der Waals surface area (Å²) in [7, 11) is 2.94. The largest absolute Gasteiger partial charge is 0.496 e. The molecule has 0 radical (unpaired) electrons. The maximum absolute atomic E-state index is 13.6. The third-order valence-electron chi connectivity index (χ3n) is 6.38. The summed E-state index contributed by atoms with van der Waals surface area (Å²) in [4.78, 5) is 53.2. The fourth-order valence-electron chi connectivity index (χ4n) is 4.68. The Hall–Kier alpha value is -3.96. The molecule has 0 aromatic heterocycles. The van der Waals surface area contributed by atoms with E-state index in [1.807, 2.05) is 0 Å².